The molecule has 0 saturated carbocycles. The molecule has 0 aliphatic heterocycles. The Bertz CT molecular complexity index is 836. The van der Waals surface area contributed by atoms with Crippen LogP contribution in [0.5, 0.6) is 0 Å². The van der Waals surface area contributed by atoms with E-state index in [0.717, 1.165) is 22.9 Å². The molecule has 3 rings (SSSR count). The molecule has 0 bridgehead atoms. The number of hydrogen-bond acceptors (Lipinski definition) is 3. The monoisotopic (exact) mass is 340 g/mol. The molecule has 0 fully saturated rings. The van der Waals surface area contributed by atoms with E-state index in [-0.39, 0.29) is 11.9 Å². The van der Waals surface area contributed by atoms with Gasteiger partial charge in [-0.2, -0.15) is 0 Å². The molecule has 3 aromatic rings. The SMILES string of the molecule is CCc1cccc2c(CC(=O)NC(C)CC(O)c3ccco3)c[nH]c12. The van der Waals surface area contributed by atoms with E-state index in [1.54, 1.807) is 12.1 Å². The lowest BCUT2D eigenvalue weighted by molar-refractivity contribution is -0.121. The van der Waals surface area contributed by atoms with Crippen molar-refractivity contribution in [3.8, 4) is 0 Å². The quantitative estimate of drug-likeness (QED) is 0.616. The van der Waals surface area contributed by atoms with Gasteiger partial charge in [-0.3, -0.25) is 4.79 Å². The number of nitrogens with one attached hydrogen (secondary N) is 2. The number of aliphatic hydroxyl groups is 1. The van der Waals surface area contributed by atoms with Crippen molar-refractivity contribution in [2.24, 2.45) is 0 Å². The fraction of sp³-hybridized carbons (Fsp3) is 0.350. The molecule has 2 aromatic heterocycles. The van der Waals surface area contributed by atoms with Crippen LogP contribution < -0.4 is 5.32 Å². The van der Waals surface area contributed by atoms with Crippen molar-refractivity contribution < 1.29 is 14.3 Å². The summed E-state index contributed by atoms with van der Waals surface area (Å²) >= 11 is 0. The molecule has 0 aliphatic carbocycles. The van der Waals surface area contributed by atoms with Crippen LogP contribution >= 0.6 is 0 Å². The standard InChI is InChI=1S/C20H24N2O3/c1-3-14-6-4-7-16-15(12-21-20(14)16)11-19(24)22-13(2)10-17(23)18-8-5-9-25-18/h4-9,12-13,17,21,23H,3,10-11H2,1-2H3,(H,22,24). The van der Waals surface area contributed by atoms with Gasteiger partial charge in [0.05, 0.1) is 12.7 Å². The van der Waals surface area contributed by atoms with E-state index in [0.29, 0.717) is 18.6 Å². The Labute approximate surface area is 147 Å². The number of amides is 1. The Hall–Kier alpha value is -2.53. The van der Waals surface area contributed by atoms with Crippen LogP contribution in [-0.4, -0.2) is 22.0 Å². The van der Waals surface area contributed by atoms with E-state index in [1.807, 2.05) is 25.3 Å². The molecule has 2 heterocycles. The summed E-state index contributed by atoms with van der Waals surface area (Å²) in [4.78, 5) is 15.6. The predicted octanol–water partition coefficient (Wildman–Crippen LogP) is 3.49. The molecule has 2 unspecified atom stereocenters. The summed E-state index contributed by atoms with van der Waals surface area (Å²) in [6.07, 6.45) is 4.40. The Morgan fingerprint density at radius 1 is 1.28 bits per heavy atom. The third-order valence-electron chi connectivity index (χ3n) is 4.48. The number of aryl methyl sites for hydroxylation is 1. The van der Waals surface area contributed by atoms with Crippen molar-refractivity contribution in [2.75, 3.05) is 0 Å². The largest absolute Gasteiger partial charge is 0.467 e. The van der Waals surface area contributed by atoms with Gasteiger partial charge in [0.1, 0.15) is 11.9 Å². The maximum atomic E-state index is 12.4. The van der Waals surface area contributed by atoms with Crippen molar-refractivity contribution >= 4 is 16.8 Å². The van der Waals surface area contributed by atoms with Gasteiger partial charge in [0.25, 0.3) is 0 Å². The van der Waals surface area contributed by atoms with E-state index < -0.39 is 6.10 Å². The molecule has 0 radical (unpaired) electrons. The lowest BCUT2D eigenvalue weighted by Gasteiger charge is -2.16. The average Bonchev–Trinajstić information content (AvgIpc) is 3.24. The number of aromatic amines is 1. The summed E-state index contributed by atoms with van der Waals surface area (Å²) in [7, 11) is 0. The van der Waals surface area contributed by atoms with Gasteiger partial charge in [0.15, 0.2) is 0 Å². The van der Waals surface area contributed by atoms with Crippen LogP contribution in [0.25, 0.3) is 10.9 Å². The zero-order valence-electron chi connectivity index (χ0n) is 14.6. The van der Waals surface area contributed by atoms with Crippen LogP contribution in [0.4, 0.5) is 0 Å². The molecule has 0 spiro atoms. The molecule has 3 N–H and O–H groups in total. The molecule has 25 heavy (non-hydrogen) atoms. The minimum atomic E-state index is -0.717. The molecule has 5 nitrogen and oxygen atoms in total. The molecule has 0 aliphatic rings. The third-order valence-corrected chi connectivity index (χ3v) is 4.48. The first-order valence-corrected chi connectivity index (χ1v) is 8.67. The summed E-state index contributed by atoms with van der Waals surface area (Å²) in [5, 5.41) is 14.1. The lowest BCUT2D eigenvalue weighted by atomic mass is 10.0. The highest BCUT2D eigenvalue weighted by Gasteiger charge is 2.17. The maximum absolute atomic E-state index is 12.4. The summed E-state index contributed by atoms with van der Waals surface area (Å²) < 4.78 is 5.19. The van der Waals surface area contributed by atoms with Gasteiger partial charge in [-0.05, 0) is 36.6 Å². The second-order valence-electron chi connectivity index (χ2n) is 6.42. The lowest BCUT2D eigenvalue weighted by Crippen LogP contribution is -2.34. The van der Waals surface area contributed by atoms with E-state index in [2.05, 4.69) is 23.3 Å². The van der Waals surface area contributed by atoms with E-state index >= 15 is 0 Å². The minimum absolute atomic E-state index is 0.0538. The number of aromatic nitrogens is 1. The normalized spacial score (nSPS) is 13.7. The Balaban J connectivity index is 1.61. The first-order valence-electron chi connectivity index (χ1n) is 8.67. The number of H-pyrrole nitrogens is 1. The van der Waals surface area contributed by atoms with Crippen LogP contribution in [0.15, 0.2) is 47.2 Å². The number of benzene rings is 1. The highest BCUT2D eigenvalue weighted by atomic mass is 16.4. The highest BCUT2D eigenvalue weighted by Crippen LogP contribution is 2.23. The summed E-state index contributed by atoms with van der Waals surface area (Å²) in [5.41, 5.74) is 3.34. The number of para-hydroxylation sites is 1. The van der Waals surface area contributed by atoms with Gasteiger partial charge in [-0.25, -0.2) is 0 Å². The second kappa shape index (κ2) is 7.57. The summed E-state index contributed by atoms with van der Waals surface area (Å²) in [6, 6.07) is 9.49. The van der Waals surface area contributed by atoms with Crippen molar-refractivity contribution in [1.29, 1.82) is 0 Å². The summed E-state index contributed by atoms with van der Waals surface area (Å²) in [6.45, 7) is 4.00. The molecule has 132 valence electrons. The Morgan fingerprint density at radius 2 is 2.12 bits per heavy atom. The molecular weight excluding hydrogens is 316 g/mol. The first kappa shape index (κ1) is 17.3. The number of rotatable bonds is 7. The van der Waals surface area contributed by atoms with Gasteiger partial charge in [-0.15, -0.1) is 0 Å². The fourth-order valence-corrected chi connectivity index (χ4v) is 3.21. The molecule has 0 saturated heterocycles. The topological polar surface area (TPSA) is 78.3 Å². The number of furan rings is 1. The number of fused-ring (bicyclic) bond motifs is 1. The van der Waals surface area contributed by atoms with Crippen LogP contribution in [-0.2, 0) is 17.6 Å². The van der Waals surface area contributed by atoms with Crippen LogP contribution in [0, 0.1) is 0 Å². The smallest absolute Gasteiger partial charge is 0.224 e. The van der Waals surface area contributed by atoms with Crippen molar-refractivity contribution in [3.05, 3.63) is 59.7 Å². The zero-order valence-corrected chi connectivity index (χ0v) is 14.6. The number of carbonyl (C=O) groups is 1. The van der Waals surface area contributed by atoms with Gasteiger partial charge >= 0.3 is 0 Å². The van der Waals surface area contributed by atoms with Crippen molar-refractivity contribution in [1.82, 2.24) is 10.3 Å². The highest BCUT2D eigenvalue weighted by molar-refractivity contribution is 5.90. The minimum Gasteiger partial charge on any atom is -0.467 e. The van der Waals surface area contributed by atoms with Gasteiger partial charge in [0.2, 0.25) is 5.91 Å². The van der Waals surface area contributed by atoms with Crippen molar-refractivity contribution in [2.45, 2.75) is 45.3 Å². The summed E-state index contributed by atoms with van der Waals surface area (Å²) in [5.74, 6) is 0.465. The molecule has 2 atom stereocenters. The molecule has 5 heteroatoms. The van der Waals surface area contributed by atoms with Crippen LogP contribution in [0.2, 0.25) is 0 Å². The zero-order chi connectivity index (χ0) is 17.8. The van der Waals surface area contributed by atoms with Gasteiger partial charge < -0.3 is 19.8 Å². The predicted molar refractivity (Wildman–Crippen MR) is 97.3 cm³/mol. The average molecular weight is 340 g/mol. The number of hydrogen-bond donors (Lipinski definition) is 3. The Kier molecular flexibility index (Phi) is 5.24. The van der Waals surface area contributed by atoms with E-state index in [9.17, 15) is 9.90 Å². The Morgan fingerprint density at radius 3 is 2.84 bits per heavy atom. The number of aliphatic hydroxyl groups excluding tert-OH is 1. The fourth-order valence-electron chi connectivity index (χ4n) is 3.21. The van der Waals surface area contributed by atoms with Gasteiger partial charge in [0, 0.05) is 29.6 Å². The van der Waals surface area contributed by atoms with Crippen molar-refractivity contribution in [3.63, 3.8) is 0 Å². The molecular formula is C20H24N2O3. The third kappa shape index (κ3) is 3.94. The maximum Gasteiger partial charge on any atom is 0.224 e. The molecule has 1 aromatic carbocycles. The first-order chi connectivity index (χ1) is 12.1. The van der Waals surface area contributed by atoms with E-state index in [4.69, 9.17) is 4.42 Å². The molecule has 1 amide bonds. The number of carbonyl (C=O) groups excluding carboxylic acids is 1. The van der Waals surface area contributed by atoms with E-state index in [1.165, 1.54) is 11.8 Å². The van der Waals surface area contributed by atoms with Gasteiger partial charge in [-0.1, -0.05) is 25.1 Å². The van der Waals surface area contributed by atoms with Crippen LogP contribution in [0.1, 0.15) is 43.3 Å². The van der Waals surface area contributed by atoms with Crippen LogP contribution in [0.3, 0.4) is 0 Å². The second-order valence-corrected chi connectivity index (χ2v) is 6.42.